The number of rotatable bonds is 52. The number of aromatic nitrogens is 4. The van der Waals surface area contributed by atoms with Gasteiger partial charge in [0.2, 0.25) is 76.8 Å². The molecule has 4 aromatic carbocycles. The number of para-hydroxylation sites is 4. The number of aromatic amines is 4. The van der Waals surface area contributed by atoms with E-state index in [0.717, 1.165) is 6.92 Å². The molecule has 0 radical (unpaired) electrons. The molecule has 1 fully saturated rings. The number of aliphatic carboxylic acids is 2. The Kier molecular flexibility index (Phi) is 39.0. The number of hydrogen-bond donors (Lipinski definition) is 28. The smallest absolute Gasteiger partial charge is 0.327 e. The third-order valence-corrected chi connectivity index (χ3v) is 24.2. The van der Waals surface area contributed by atoms with Gasteiger partial charge in [0.15, 0.2) is 11.9 Å². The fourth-order valence-corrected chi connectivity index (χ4v) is 16.3. The molecule has 0 bridgehead atoms. The number of carbonyl (C=O) groups is 15. The second kappa shape index (κ2) is 50.3. The number of carboxylic acids is 2. The van der Waals surface area contributed by atoms with Gasteiger partial charge in [-0.1, -0.05) is 107 Å². The zero-order valence-electron chi connectivity index (χ0n) is 76.7. The number of amides is 13. The molecule has 0 unspecified atom stereocenters. The van der Waals surface area contributed by atoms with Crippen LogP contribution in [0.1, 0.15) is 135 Å². The Bertz CT molecular complexity index is 5600. The van der Waals surface area contributed by atoms with Crippen molar-refractivity contribution < 1.29 is 92.3 Å². The quantitative estimate of drug-likeness (QED) is 0.00970. The maximum atomic E-state index is 15.6. The van der Waals surface area contributed by atoms with Crippen molar-refractivity contribution in [2.24, 2.45) is 29.0 Å². The number of nitrogens with one attached hydrogen (secondary N) is 20. The van der Waals surface area contributed by atoms with Crippen LogP contribution in [0.2, 0.25) is 0 Å². The van der Waals surface area contributed by atoms with Crippen LogP contribution in [-0.2, 0) is 97.6 Å². The Morgan fingerprint density at radius 1 is 0.441 bits per heavy atom. The minimum Gasteiger partial charge on any atom is -0.481 e. The van der Waals surface area contributed by atoms with E-state index in [2.05, 4.69) is 107 Å². The highest BCUT2D eigenvalue weighted by molar-refractivity contribution is 7.80. The molecule has 30 N–H and O–H groups in total. The minimum absolute atomic E-state index is 0.0252. The van der Waals surface area contributed by atoms with Gasteiger partial charge in [0.25, 0.3) is 0 Å². The second-order valence-corrected chi connectivity index (χ2v) is 35.0. The van der Waals surface area contributed by atoms with Gasteiger partial charge < -0.3 is 137 Å². The number of guanidine groups is 2. The summed E-state index contributed by atoms with van der Waals surface area (Å²) < 4.78 is 0. The number of likely N-dealkylation sites (tertiary alicyclic amines) is 1. The standard InChI is InChI=1S/C92H126N24O19S/c1-8-47(4)75(89(133)116-35-19-30-72(116)86(130)112-69(39-53-43-102-61-26-15-11-22-57(53)61)82(126)105-63(28-17-33-98-91(94)95)78(122)109-67(37-51-41-100-59-24-13-9-20-55(51)59)81(125)104-48(5)77(121)113-71(45-136)90(134)135)114-85(129)70(40-54-44-103-62-27-16-12-23-58(54)62)111-80(124)65(31-32-73(119)120)107-88(132)76(50(7)118)115-84(128)66(36-46(2)3)108-83(127)68(38-52-42-101-60-25-14-10-21-56(52)60)110-79(123)64(29-18-34-99-92(96)97)106-87(131)74(93)49(6)117/h9-16,20-27,41-44,46-50,63-72,74-76,100-103,117-118,136H,8,17-19,28-40,45,93H2,1-7H3,(H,104,125)(H,105,126)(H,106,131)(H,107,132)(H,108,127)(H,109,122)(H,110,123)(H,111,124)(H,112,130)(H,113,121)(H,114,129)(H,115,128)(H,119,120)(H,134,135)(H4,94,95,98)(H4,96,97,99)/t47-,48-,49+,50+,63-,64-,65-,66-,67-,68-,69-,70-,71-,72-,74-,75-,76-/m0/s1. The number of H-pyrrole nitrogens is 4. The predicted octanol–water partition coefficient (Wildman–Crippen LogP) is -0.702. The van der Waals surface area contributed by atoms with E-state index in [9.17, 15) is 63.6 Å². The van der Waals surface area contributed by atoms with Crippen LogP contribution in [0.25, 0.3) is 43.6 Å². The first-order chi connectivity index (χ1) is 64.7. The van der Waals surface area contributed by atoms with Gasteiger partial charge >= 0.3 is 11.9 Å². The van der Waals surface area contributed by atoms with Crippen molar-refractivity contribution in [2.45, 2.75) is 235 Å². The third-order valence-electron chi connectivity index (χ3n) is 23.8. The van der Waals surface area contributed by atoms with E-state index in [0.29, 0.717) is 65.9 Å². The zero-order valence-corrected chi connectivity index (χ0v) is 77.6. The Hall–Kier alpha value is -14.1. The minimum atomic E-state index is -1.96. The van der Waals surface area contributed by atoms with E-state index in [1.54, 1.807) is 150 Å². The van der Waals surface area contributed by atoms with Crippen molar-refractivity contribution >= 4 is 157 Å². The summed E-state index contributed by atoms with van der Waals surface area (Å²) in [4.78, 5) is 231. The Balaban J connectivity index is 0.960. The lowest BCUT2D eigenvalue weighted by atomic mass is 9.96. The molecule has 43 nitrogen and oxygen atoms in total. The second-order valence-electron chi connectivity index (χ2n) is 34.6. The maximum absolute atomic E-state index is 15.6. The molecular weight excluding hydrogens is 1780 g/mol. The molecular formula is C92H126N24O19S. The van der Waals surface area contributed by atoms with Crippen LogP contribution in [0.5, 0.6) is 0 Å². The number of carboxylic acid groups (broad SMARTS) is 2. The van der Waals surface area contributed by atoms with Crippen molar-refractivity contribution in [2.75, 3.05) is 25.4 Å². The predicted molar refractivity (Wildman–Crippen MR) is 508 cm³/mol. The first-order valence-corrected chi connectivity index (χ1v) is 45.9. The highest BCUT2D eigenvalue weighted by Gasteiger charge is 2.44. The molecule has 0 saturated carbocycles. The van der Waals surface area contributed by atoms with E-state index in [1.807, 2.05) is 0 Å². The van der Waals surface area contributed by atoms with E-state index in [-0.39, 0.29) is 114 Å². The van der Waals surface area contributed by atoms with Gasteiger partial charge in [-0.05, 0) is 130 Å². The Labute approximate surface area is 789 Å². The molecule has 13 amide bonds. The molecule has 44 heteroatoms. The number of aliphatic hydroxyl groups excluding tert-OH is 2. The van der Waals surface area contributed by atoms with Gasteiger partial charge in [-0.2, -0.15) is 12.6 Å². The van der Waals surface area contributed by atoms with Gasteiger partial charge in [-0.15, -0.1) is 0 Å². The largest absolute Gasteiger partial charge is 0.481 e. The molecule has 1 aliphatic rings. The number of nitrogens with two attached hydrogens (primary N) is 3. The van der Waals surface area contributed by atoms with Gasteiger partial charge in [-0.3, -0.25) is 77.9 Å². The highest BCUT2D eigenvalue weighted by Crippen LogP contribution is 2.28. The number of fused-ring (bicyclic) bond motifs is 4. The number of benzene rings is 4. The molecule has 0 aliphatic carbocycles. The van der Waals surface area contributed by atoms with Crippen LogP contribution in [0.4, 0.5) is 0 Å². The van der Waals surface area contributed by atoms with Crippen LogP contribution < -0.4 is 91.6 Å². The lowest BCUT2D eigenvalue weighted by Crippen LogP contribution is -2.62. The Morgan fingerprint density at radius 2 is 0.794 bits per heavy atom. The summed E-state index contributed by atoms with van der Waals surface area (Å²) in [6, 6.07) is 6.86. The highest BCUT2D eigenvalue weighted by atomic mass is 32.1. The van der Waals surface area contributed by atoms with Crippen LogP contribution in [-0.4, -0.2) is 268 Å². The molecule has 734 valence electrons. The van der Waals surface area contributed by atoms with E-state index < -0.39 is 210 Å². The summed E-state index contributed by atoms with van der Waals surface area (Å²) in [5, 5.41) is 96.4. The average molecular weight is 1900 g/mol. The zero-order chi connectivity index (χ0) is 99.3. The SMILES string of the molecule is CC[C@H](C)[C@H](NC(=O)[C@H](Cc1c[nH]c2ccccc12)NC(=O)[C@H](CCC(=O)O)NC(=O)[C@@H](NC(=O)[C@H](CC(C)C)NC(=O)[C@H](Cc1c[nH]c2ccccc12)NC(=O)[C@H](CCCNC(=N)N)NC(=O)[C@@H](N)[C@@H](C)O)[C@@H](C)O)C(=O)N1CCC[C@H]1C(=O)N[C@@H](Cc1c[nH]c2ccccc12)C(=O)N[C@@H](CCCNC(=N)N)C(=O)N[C@@H](Cc1c[nH]c2ccccc12)C(=O)N[C@@H](C)C(=O)N[C@@H](CS)C(=O)O. The van der Waals surface area contributed by atoms with Gasteiger partial charge in [0.05, 0.1) is 12.2 Å². The van der Waals surface area contributed by atoms with Gasteiger partial charge in [0.1, 0.15) is 84.6 Å². The summed E-state index contributed by atoms with van der Waals surface area (Å²) in [6.45, 7) is 10.6. The monoisotopic (exact) mass is 1900 g/mol. The van der Waals surface area contributed by atoms with Crippen LogP contribution in [0.3, 0.4) is 0 Å². The summed E-state index contributed by atoms with van der Waals surface area (Å²) in [7, 11) is 0. The van der Waals surface area contributed by atoms with E-state index in [1.165, 1.54) is 18.7 Å². The van der Waals surface area contributed by atoms with Crippen molar-refractivity contribution in [3.05, 3.63) is 144 Å². The van der Waals surface area contributed by atoms with Gasteiger partial charge in [-0.25, -0.2) is 4.79 Å². The Morgan fingerprint density at radius 3 is 1.18 bits per heavy atom. The first kappa shape index (κ1) is 106. The molecule has 0 spiro atoms. The molecule has 5 heterocycles. The fraction of sp³-hybridized carbons (Fsp3) is 0.467. The average Bonchev–Trinajstić information content (AvgIpc) is 1.73. The number of thiol groups is 1. The van der Waals surface area contributed by atoms with Crippen molar-refractivity contribution in [3.8, 4) is 0 Å². The van der Waals surface area contributed by atoms with Crippen LogP contribution in [0.15, 0.2) is 122 Å². The van der Waals surface area contributed by atoms with E-state index >= 15 is 28.8 Å². The van der Waals surface area contributed by atoms with Crippen LogP contribution in [0, 0.1) is 22.7 Å². The van der Waals surface area contributed by atoms with Crippen molar-refractivity contribution in [1.82, 2.24) is 99.3 Å². The number of carbonyl (C=O) groups excluding carboxylic acids is 13. The molecule has 1 aliphatic heterocycles. The normalized spacial score (nSPS) is 16.1. The third kappa shape index (κ3) is 29.7. The molecule has 17 atom stereocenters. The number of aliphatic hydroxyl groups is 2. The maximum Gasteiger partial charge on any atom is 0.327 e. The van der Waals surface area contributed by atoms with Crippen LogP contribution >= 0.6 is 12.6 Å². The van der Waals surface area contributed by atoms with Gasteiger partial charge in [0, 0.05) is 126 Å². The topological polar surface area (TPSA) is 698 Å². The summed E-state index contributed by atoms with van der Waals surface area (Å²) in [5.74, 6) is -17.2. The lowest BCUT2D eigenvalue weighted by Gasteiger charge is -2.33. The summed E-state index contributed by atoms with van der Waals surface area (Å²) in [6.07, 6.45) is 1.35. The molecule has 136 heavy (non-hydrogen) atoms. The summed E-state index contributed by atoms with van der Waals surface area (Å²) in [5.41, 5.74) is 21.8. The number of hydrogen-bond acceptors (Lipinski definition) is 21. The van der Waals surface area contributed by atoms with Crippen molar-refractivity contribution in [1.29, 1.82) is 10.8 Å². The first-order valence-electron chi connectivity index (χ1n) is 45.2. The molecule has 4 aromatic heterocycles. The molecule has 1 saturated heterocycles. The van der Waals surface area contributed by atoms with Crippen molar-refractivity contribution in [3.63, 3.8) is 0 Å². The molecule has 8 aromatic rings. The fourth-order valence-electron chi connectivity index (χ4n) is 16.1. The lowest BCUT2D eigenvalue weighted by molar-refractivity contribution is -0.143. The molecule has 9 rings (SSSR count). The van der Waals surface area contributed by atoms with E-state index in [4.69, 9.17) is 28.0 Å². The number of nitrogens with zero attached hydrogens (tertiary/aromatic N) is 1. The summed E-state index contributed by atoms with van der Waals surface area (Å²) >= 11 is 4.03.